The summed E-state index contributed by atoms with van der Waals surface area (Å²) in [5.41, 5.74) is 3.90. The fraction of sp³-hybridized carbons (Fsp3) is 0.467. The van der Waals surface area contributed by atoms with Gasteiger partial charge in [0, 0.05) is 49.4 Å². The van der Waals surface area contributed by atoms with Crippen molar-refractivity contribution < 1.29 is 0 Å². The molecule has 3 heteroatoms. The minimum atomic E-state index is 1.06. The highest BCUT2D eigenvalue weighted by Gasteiger charge is 1.92. The molecular weight excluding hydrogens is 222 g/mol. The number of nitrogens with one attached hydrogen (secondary N) is 1. The highest BCUT2D eigenvalue weighted by atomic mass is 14.9. The van der Waals surface area contributed by atoms with Gasteiger partial charge in [0.05, 0.1) is 0 Å². The van der Waals surface area contributed by atoms with Gasteiger partial charge < -0.3 is 5.32 Å². The smallest absolute Gasteiger partial charge is 0.0256 e. The molecule has 3 rings (SSSR count). The number of nitrogens with zero attached hydrogens (tertiary/aromatic N) is 2. The Morgan fingerprint density at radius 2 is 2.00 bits per heavy atom. The molecule has 1 N–H and O–H groups in total. The van der Waals surface area contributed by atoms with Crippen LogP contribution in [-0.4, -0.2) is 18.5 Å². The van der Waals surface area contributed by atoms with E-state index in [0.29, 0.717) is 0 Å². The topological polar surface area (TPSA) is 36.8 Å². The van der Waals surface area contributed by atoms with Crippen molar-refractivity contribution in [1.29, 1.82) is 0 Å². The van der Waals surface area contributed by atoms with Crippen LogP contribution in [0.15, 0.2) is 45.8 Å². The molecule has 3 aliphatic rings. The van der Waals surface area contributed by atoms with Gasteiger partial charge in [-0.2, -0.15) is 0 Å². The van der Waals surface area contributed by atoms with Gasteiger partial charge >= 0.3 is 0 Å². The van der Waals surface area contributed by atoms with Crippen LogP contribution >= 0.6 is 0 Å². The van der Waals surface area contributed by atoms with Gasteiger partial charge in [0.25, 0.3) is 0 Å². The Morgan fingerprint density at radius 3 is 2.17 bits per heavy atom. The maximum atomic E-state index is 3.97. The average Bonchev–Trinajstić information content (AvgIpc) is 3.05. The molecular formula is C15H23N3. The quantitative estimate of drug-likeness (QED) is 0.695. The summed E-state index contributed by atoms with van der Waals surface area (Å²) in [6.07, 6.45) is 13.2. The van der Waals surface area contributed by atoms with Gasteiger partial charge in [-0.1, -0.05) is 12.2 Å². The molecule has 98 valence electrons. The molecule has 0 atom stereocenters. The Kier molecular flexibility index (Phi) is 6.77. The van der Waals surface area contributed by atoms with Crippen LogP contribution in [0.25, 0.3) is 0 Å². The second-order valence-electron chi connectivity index (χ2n) is 4.57. The van der Waals surface area contributed by atoms with E-state index >= 15 is 0 Å². The first-order valence-electron chi connectivity index (χ1n) is 6.44. The zero-order chi connectivity index (χ0) is 13.2. The van der Waals surface area contributed by atoms with Crippen molar-refractivity contribution in [2.75, 3.05) is 6.54 Å². The number of hydrogen-bond acceptors (Lipinski definition) is 3. The third-order valence-electron chi connectivity index (χ3n) is 2.63. The van der Waals surface area contributed by atoms with Crippen molar-refractivity contribution in [1.82, 2.24) is 5.32 Å². The molecule has 18 heavy (non-hydrogen) atoms. The normalized spacial score (nSPS) is 18.9. The van der Waals surface area contributed by atoms with E-state index in [2.05, 4.69) is 41.3 Å². The summed E-state index contributed by atoms with van der Waals surface area (Å²) >= 11 is 0. The molecule has 0 amide bonds. The van der Waals surface area contributed by atoms with Gasteiger partial charge in [0.15, 0.2) is 0 Å². The highest BCUT2D eigenvalue weighted by Crippen LogP contribution is 2.02. The average molecular weight is 245 g/mol. The first-order valence-corrected chi connectivity index (χ1v) is 6.44. The van der Waals surface area contributed by atoms with Gasteiger partial charge in [-0.3, -0.25) is 9.98 Å². The summed E-state index contributed by atoms with van der Waals surface area (Å²) in [4.78, 5) is 7.85. The van der Waals surface area contributed by atoms with Crippen molar-refractivity contribution in [3.8, 4) is 0 Å². The molecule has 0 spiro atoms. The Bertz CT molecular complexity index is 370. The van der Waals surface area contributed by atoms with E-state index in [9.17, 15) is 0 Å². The second kappa shape index (κ2) is 8.45. The Hall–Kier alpha value is -1.64. The lowest BCUT2D eigenvalue weighted by molar-refractivity contribution is 0.876. The lowest BCUT2D eigenvalue weighted by Crippen LogP contribution is -2.03. The molecule has 3 heterocycles. The van der Waals surface area contributed by atoms with Crippen LogP contribution in [0.2, 0.25) is 0 Å². The molecule has 3 nitrogen and oxygen atoms in total. The summed E-state index contributed by atoms with van der Waals surface area (Å²) in [5.74, 6) is 0. The highest BCUT2D eigenvalue weighted by molar-refractivity contribution is 5.85. The molecule has 3 aliphatic heterocycles. The fourth-order valence-electron chi connectivity index (χ4n) is 1.52. The zero-order valence-electron chi connectivity index (χ0n) is 11.6. The van der Waals surface area contributed by atoms with E-state index in [0.717, 1.165) is 19.4 Å². The van der Waals surface area contributed by atoms with Crippen molar-refractivity contribution in [3.63, 3.8) is 0 Å². The summed E-state index contributed by atoms with van der Waals surface area (Å²) in [6, 6.07) is 0. The van der Waals surface area contributed by atoms with Crippen molar-refractivity contribution in [2.45, 2.75) is 40.0 Å². The van der Waals surface area contributed by atoms with E-state index < -0.39 is 0 Å². The summed E-state index contributed by atoms with van der Waals surface area (Å²) < 4.78 is 0. The van der Waals surface area contributed by atoms with Gasteiger partial charge in [-0.15, -0.1) is 0 Å². The van der Waals surface area contributed by atoms with Crippen molar-refractivity contribution in [2.24, 2.45) is 9.98 Å². The number of allylic oxidation sites excluding steroid dienone is 3. The molecule has 0 fully saturated rings. The summed E-state index contributed by atoms with van der Waals surface area (Å²) in [6.45, 7) is 7.34. The number of rotatable bonds is 0. The monoisotopic (exact) mass is 245 g/mol. The molecule has 0 aliphatic carbocycles. The van der Waals surface area contributed by atoms with E-state index in [-0.39, 0.29) is 0 Å². The van der Waals surface area contributed by atoms with Gasteiger partial charge in [-0.05, 0) is 32.8 Å². The maximum absolute atomic E-state index is 3.97. The number of aliphatic imine (C=N–C) groups is 2. The standard InChI is InChI=1S/C5H7N.C5H9N.C5H7N/c1-5-2-3-6-4-5;2*1-5-3-2-4-6-5/h3-4H,2H2,1H3;3,6H,2,4H2,1H3;2,4H,3H2,1H3. The largest absolute Gasteiger partial charge is 0.389 e. The van der Waals surface area contributed by atoms with Gasteiger partial charge in [-0.25, -0.2) is 0 Å². The van der Waals surface area contributed by atoms with E-state index in [1.54, 1.807) is 0 Å². The Labute approximate surface area is 110 Å². The molecule has 0 bridgehead atoms. The summed E-state index contributed by atoms with van der Waals surface area (Å²) in [7, 11) is 0. The van der Waals surface area contributed by atoms with Crippen LogP contribution < -0.4 is 5.32 Å². The Morgan fingerprint density at radius 1 is 1.17 bits per heavy atom. The maximum Gasteiger partial charge on any atom is 0.0256 e. The second-order valence-corrected chi connectivity index (χ2v) is 4.57. The predicted molar refractivity (Wildman–Crippen MR) is 80.1 cm³/mol. The Balaban J connectivity index is 0.000000135. The molecule has 0 saturated heterocycles. The third-order valence-corrected chi connectivity index (χ3v) is 2.63. The predicted octanol–water partition coefficient (Wildman–Crippen LogP) is 3.61. The minimum absolute atomic E-state index is 1.06. The van der Waals surface area contributed by atoms with Crippen LogP contribution in [0.1, 0.15) is 40.0 Å². The van der Waals surface area contributed by atoms with E-state index in [4.69, 9.17) is 0 Å². The van der Waals surface area contributed by atoms with Crippen molar-refractivity contribution >= 4 is 11.9 Å². The molecule has 0 unspecified atom stereocenters. The van der Waals surface area contributed by atoms with Crippen LogP contribution in [0.3, 0.4) is 0 Å². The summed E-state index contributed by atoms with van der Waals surface area (Å²) in [5, 5.41) is 3.18. The van der Waals surface area contributed by atoms with Crippen LogP contribution in [-0.2, 0) is 0 Å². The third kappa shape index (κ3) is 6.84. The molecule has 0 aromatic rings. The van der Waals surface area contributed by atoms with Gasteiger partial charge in [0.2, 0.25) is 0 Å². The van der Waals surface area contributed by atoms with Crippen LogP contribution in [0.4, 0.5) is 0 Å². The van der Waals surface area contributed by atoms with Crippen LogP contribution in [0.5, 0.6) is 0 Å². The first-order chi connectivity index (χ1) is 8.68. The SMILES string of the molecule is CC1=CCCN1.CC1=CN=CC1.CC1=NC=CC1. The fourth-order valence-corrected chi connectivity index (χ4v) is 1.52. The molecule has 0 saturated carbocycles. The first kappa shape index (κ1) is 14.4. The van der Waals surface area contributed by atoms with Crippen LogP contribution in [0, 0.1) is 0 Å². The molecule has 0 aromatic heterocycles. The lowest BCUT2D eigenvalue weighted by Gasteiger charge is -1.88. The number of hydrogen-bond donors (Lipinski definition) is 1. The molecule has 0 aromatic carbocycles. The van der Waals surface area contributed by atoms with E-state index in [1.165, 1.54) is 23.4 Å². The van der Waals surface area contributed by atoms with Gasteiger partial charge in [0.1, 0.15) is 0 Å². The van der Waals surface area contributed by atoms with E-state index in [1.807, 2.05) is 25.5 Å². The minimum Gasteiger partial charge on any atom is -0.389 e. The zero-order valence-corrected chi connectivity index (χ0v) is 11.6. The van der Waals surface area contributed by atoms with Crippen molar-refractivity contribution in [3.05, 3.63) is 35.8 Å². The molecule has 0 radical (unpaired) electrons. The lowest BCUT2D eigenvalue weighted by atomic mass is 10.3.